The van der Waals surface area contributed by atoms with Crippen LogP contribution in [0.25, 0.3) is 11.1 Å². The highest BCUT2D eigenvalue weighted by Crippen LogP contribution is 2.33. The third-order valence-corrected chi connectivity index (χ3v) is 11.2. The number of nitrogens with zero attached hydrogens (tertiary/aromatic N) is 1. The number of sulfone groups is 1. The topological polar surface area (TPSA) is 122 Å². The third kappa shape index (κ3) is 6.90. The van der Waals surface area contributed by atoms with Crippen LogP contribution in [-0.2, 0) is 43.9 Å². The number of benzene rings is 3. The number of hydrogen-bond acceptors (Lipinski definition) is 6. The van der Waals surface area contributed by atoms with Crippen LogP contribution in [0.2, 0.25) is 0 Å². The van der Waals surface area contributed by atoms with E-state index in [4.69, 9.17) is 4.42 Å². The average molecular weight is 650 g/mol. The lowest BCUT2D eigenvalue weighted by Gasteiger charge is -2.24. The number of halogens is 3. The first-order valence-electron chi connectivity index (χ1n) is 13.3. The summed E-state index contributed by atoms with van der Waals surface area (Å²) in [4.78, 5) is 11.2. The van der Waals surface area contributed by atoms with Crippen molar-refractivity contribution in [2.75, 3.05) is 0 Å². The van der Waals surface area contributed by atoms with Crippen molar-refractivity contribution in [1.82, 2.24) is 4.31 Å². The molecular formula is C31H30F3NO7S2. The van der Waals surface area contributed by atoms with Gasteiger partial charge in [0.25, 0.3) is 0 Å². The van der Waals surface area contributed by atoms with Crippen LogP contribution in [0.5, 0.6) is 0 Å². The number of rotatable bonds is 10. The maximum atomic E-state index is 14.0. The van der Waals surface area contributed by atoms with Gasteiger partial charge in [-0.2, -0.15) is 17.5 Å². The second-order valence-corrected chi connectivity index (χ2v) is 14.7. The normalized spacial score (nSPS) is 13.3. The van der Waals surface area contributed by atoms with Crippen molar-refractivity contribution in [3.8, 4) is 11.1 Å². The molecule has 234 valence electrons. The molecule has 0 saturated heterocycles. The quantitative estimate of drug-likeness (QED) is 0.207. The zero-order valence-electron chi connectivity index (χ0n) is 24.2. The fraction of sp³-hybridized carbons (Fsp3) is 0.258. The van der Waals surface area contributed by atoms with Gasteiger partial charge in [-0.15, -0.1) is 0 Å². The molecule has 8 nitrogen and oxygen atoms in total. The molecule has 4 rings (SSSR count). The third-order valence-electron chi connectivity index (χ3n) is 7.10. The summed E-state index contributed by atoms with van der Waals surface area (Å²) in [6.07, 6.45) is -4.73. The molecule has 0 bridgehead atoms. The van der Waals surface area contributed by atoms with Gasteiger partial charge in [-0.1, -0.05) is 54.1 Å². The number of alkyl halides is 3. The van der Waals surface area contributed by atoms with Crippen LogP contribution in [0.3, 0.4) is 0 Å². The molecule has 0 aliphatic rings. The van der Waals surface area contributed by atoms with Gasteiger partial charge >= 0.3 is 12.1 Å². The van der Waals surface area contributed by atoms with Crippen molar-refractivity contribution in [2.45, 2.75) is 62.0 Å². The minimum absolute atomic E-state index is 0.0518. The van der Waals surface area contributed by atoms with Gasteiger partial charge < -0.3 is 9.52 Å². The first-order chi connectivity index (χ1) is 20.4. The van der Waals surface area contributed by atoms with Crippen LogP contribution in [0.4, 0.5) is 13.2 Å². The molecule has 1 N–H and O–H groups in total. The second kappa shape index (κ2) is 12.2. The summed E-state index contributed by atoms with van der Waals surface area (Å²) in [5, 5.41) is 7.54. The minimum atomic E-state index is -4.73. The van der Waals surface area contributed by atoms with Crippen LogP contribution >= 0.6 is 0 Å². The Morgan fingerprint density at radius 1 is 0.864 bits per heavy atom. The molecule has 0 amide bonds. The van der Waals surface area contributed by atoms with Gasteiger partial charge in [-0.3, -0.25) is 4.79 Å². The minimum Gasteiger partial charge on any atom is -0.480 e. The van der Waals surface area contributed by atoms with E-state index >= 15 is 0 Å². The molecule has 0 aliphatic heterocycles. The number of furan rings is 1. The first-order valence-corrected chi connectivity index (χ1v) is 16.3. The fourth-order valence-corrected chi connectivity index (χ4v) is 7.95. The summed E-state index contributed by atoms with van der Waals surface area (Å²) in [6, 6.07) is 17.6. The SMILES string of the molecule is Cc1cc(C)c(S(=O)(=O)N(Cc2ccc(-c3cccc(S(=O)(=O)C(C)C(=O)O)c3)cc2)Cc2ccc(C(F)(F)F)o2)c(C)c1. The number of hydrogen-bond donors (Lipinski definition) is 1. The van der Waals surface area contributed by atoms with Crippen LogP contribution in [0.1, 0.15) is 40.7 Å². The molecule has 1 aromatic heterocycles. The van der Waals surface area contributed by atoms with Crippen molar-refractivity contribution in [2.24, 2.45) is 0 Å². The summed E-state index contributed by atoms with van der Waals surface area (Å²) in [5.41, 5.74) is 3.41. The summed E-state index contributed by atoms with van der Waals surface area (Å²) in [7, 11) is -8.36. The number of carboxylic acids is 1. The van der Waals surface area contributed by atoms with Gasteiger partial charge in [0, 0.05) is 6.54 Å². The molecule has 13 heteroatoms. The van der Waals surface area contributed by atoms with Crippen molar-refractivity contribution < 1.29 is 44.3 Å². The predicted octanol–water partition coefficient (Wildman–Crippen LogP) is 6.53. The van der Waals surface area contributed by atoms with Crippen molar-refractivity contribution in [3.05, 3.63) is 107 Å². The maximum absolute atomic E-state index is 14.0. The monoisotopic (exact) mass is 649 g/mol. The molecule has 0 radical (unpaired) electrons. The molecule has 3 aromatic carbocycles. The number of sulfonamides is 1. The van der Waals surface area contributed by atoms with E-state index in [-0.39, 0.29) is 22.1 Å². The summed E-state index contributed by atoms with van der Waals surface area (Å²) >= 11 is 0. The Labute approximate surface area is 253 Å². The summed E-state index contributed by atoms with van der Waals surface area (Å²) in [6.45, 7) is 5.55. The van der Waals surface area contributed by atoms with E-state index < -0.39 is 49.6 Å². The van der Waals surface area contributed by atoms with Gasteiger partial charge in [0.2, 0.25) is 15.8 Å². The molecule has 1 heterocycles. The smallest absolute Gasteiger partial charge is 0.449 e. The Bertz CT molecular complexity index is 1890. The molecule has 0 fully saturated rings. The zero-order chi connectivity index (χ0) is 32.6. The van der Waals surface area contributed by atoms with E-state index in [0.717, 1.165) is 28.9 Å². The van der Waals surface area contributed by atoms with E-state index in [1.54, 1.807) is 56.3 Å². The van der Waals surface area contributed by atoms with Crippen molar-refractivity contribution >= 4 is 25.8 Å². The van der Waals surface area contributed by atoms with E-state index in [1.807, 2.05) is 6.92 Å². The Morgan fingerprint density at radius 3 is 2.02 bits per heavy atom. The lowest BCUT2D eigenvalue weighted by molar-refractivity contribution is -0.153. The Kier molecular flexibility index (Phi) is 9.15. The van der Waals surface area contributed by atoms with Gasteiger partial charge in [0.05, 0.1) is 16.3 Å². The van der Waals surface area contributed by atoms with Gasteiger partial charge in [-0.25, -0.2) is 16.8 Å². The van der Waals surface area contributed by atoms with Crippen LogP contribution in [-0.4, -0.2) is 37.5 Å². The van der Waals surface area contributed by atoms with E-state index in [0.29, 0.717) is 27.8 Å². The Morgan fingerprint density at radius 2 is 1.48 bits per heavy atom. The Balaban J connectivity index is 1.69. The highest BCUT2D eigenvalue weighted by atomic mass is 32.2. The lowest BCUT2D eigenvalue weighted by atomic mass is 10.0. The van der Waals surface area contributed by atoms with E-state index in [1.165, 1.54) is 18.2 Å². The van der Waals surface area contributed by atoms with Gasteiger partial charge in [0.1, 0.15) is 5.76 Å². The van der Waals surface area contributed by atoms with Crippen molar-refractivity contribution in [1.29, 1.82) is 0 Å². The molecule has 1 atom stereocenters. The van der Waals surface area contributed by atoms with Crippen molar-refractivity contribution in [3.63, 3.8) is 0 Å². The summed E-state index contributed by atoms with van der Waals surface area (Å²) in [5.74, 6) is -2.90. The van der Waals surface area contributed by atoms with Crippen LogP contribution < -0.4 is 0 Å². The van der Waals surface area contributed by atoms with Gasteiger partial charge in [-0.05, 0) is 79.8 Å². The molecule has 1 unspecified atom stereocenters. The highest BCUT2D eigenvalue weighted by Gasteiger charge is 2.36. The molecule has 0 aliphatic carbocycles. The van der Waals surface area contributed by atoms with Crippen LogP contribution in [0, 0.1) is 20.8 Å². The average Bonchev–Trinajstić information content (AvgIpc) is 3.41. The summed E-state index contributed by atoms with van der Waals surface area (Å²) < 4.78 is 98.9. The highest BCUT2D eigenvalue weighted by molar-refractivity contribution is 7.92. The molecule has 0 spiro atoms. The van der Waals surface area contributed by atoms with Crippen LogP contribution in [0.15, 0.2) is 87.0 Å². The number of carbonyl (C=O) groups is 1. The zero-order valence-corrected chi connectivity index (χ0v) is 25.8. The fourth-order valence-electron chi connectivity index (χ4n) is 4.91. The first kappa shape index (κ1) is 33.0. The second-order valence-electron chi connectivity index (χ2n) is 10.5. The number of carboxylic acid groups (broad SMARTS) is 1. The lowest BCUT2D eigenvalue weighted by Crippen LogP contribution is -2.31. The molecule has 0 saturated carbocycles. The number of aryl methyl sites for hydroxylation is 3. The Hall–Kier alpha value is -3.94. The number of aliphatic carboxylic acids is 1. The molecular weight excluding hydrogens is 619 g/mol. The van der Waals surface area contributed by atoms with Gasteiger partial charge in [0.15, 0.2) is 15.1 Å². The molecule has 4 aromatic rings. The standard InChI is InChI=1S/C31H30F3NO7S2/c1-19-14-20(2)29(21(3)15-19)44(40,41)35(18-26-12-13-28(42-26)31(32,33)34)17-23-8-10-24(11-9-23)25-6-5-7-27(16-25)43(38,39)22(4)30(36)37/h5-16,22H,17-18H2,1-4H3,(H,36,37). The van der Waals surface area contributed by atoms with E-state index in [2.05, 4.69) is 0 Å². The van der Waals surface area contributed by atoms with E-state index in [9.17, 15) is 39.9 Å². The maximum Gasteiger partial charge on any atom is 0.449 e. The predicted molar refractivity (Wildman–Crippen MR) is 157 cm³/mol. The largest absolute Gasteiger partial charge is 0.480 e. The molecule has 44 heavy (non-hydrogen) atoms.